The second-order valence-electron chi connectivity index (χ2n) is 5.92. The van der Waals surface area contributed by atoms with Crippen LogP contribution in [-0.2, 0) is 7.05 Å². The zero-order valence-corrected chi connectivity index (χ0v) is 15.2. The first-order chi connectivity index (χ1) is 12.0. The van der Waals surface area contributed by atoms with E-state index in [9.17, 15) is 13.6 Å². The summed E-state index contributed by atoms with van der Waals surface area (Å²) < 4.78 is 27.2. The lowest BCUT2D eigenvalue weighted by Gasteiger charge is -2.31. The Morgan fingerprint density at radius 3 is 2.48 bits per heavy atom. The number of thioether (sulfide) groups is 1. The van der Waals surface area contributed by atoms with Gasteiger partial charge in [-0.05, 0) is 49.3 Å². The fraction of sp³-hybridized carbons (Fsp3) is 0.438. The Labute approximate surface area is 153 Å². The van der Waals surface area contributed by atoms with Gasteiger partial charge in [0, 0.05) is 36.5 Å². The van der Waals surface area contributed by atoms with Gasteiger partial charge in [0.25, 0.3) is 11.7 Å². The molecule has 1 fully saturated rings. The molecule has 1 aliphatic rings. The van der Waals surface area contributed by atoms with Crippen molar-refractivity contribution < 1.29 is 13.6 Å². The molecule has 0 unspecified atom stereocenters. The number of alkyl halides is 2. The van der Waals surface area contributed by atoms with Crippen molar-refractivity contribution in [3.05, 3.63) is 40.4 Å². The number of benzene rings is 1. The lowest BCUT2D eigenvalue weighted by molar-refractivity contribution is 0.0710. The van der Waals surface area contributed by atoms with E-state index in [1.165, 1.54) is 0 Å². The molecule has 3 rings (SSSR count). The van der Waals surface area contributed by atoms with E-state index >= 15 is 0 Å². The standard InChI is InChI=1S/C16H18F2N4OS2/c1-21-13(19-20-16(21)24)10-6-8-22(9-7-10)14(23)11-2-4-12(5-3-11)25-15(17)18/h2-5,10,15H,6-9H2,1H3,(H,20,24). The lowest BCUT2D eigenvalue weighted by Crippen LogP contribution is -2.38. The number of amides is 1. The monoisotopic (exact) mass is 384 g/mol. The number of likely N-dealkylation sites (tertiary alicyclic amines) is 1. The van der Waals surface area contributed by atoms with Crippen LogP contribution < -0.4 is 0 Å². The summed E-state index contributed by atoms with van der Waals surface area (Å²) in [6.07, 6.45) is 1.64. The lowest BCUT2D eigenvalue weighted by atomic mass is 9.95. The van der Waals surface area contributed by atoms with Gasteiger partial charge in [0.1, 0.15) is 5.82 Å². The molecule has 0 aliphatic carbocycles. The number of carbonyl (C=O) groups is 1. The number of hydrogen-bond acceptors (Lipinski definition) is 4. The molecule has 5 nitrogen and oxygen atoms in total. The Morgan fingerprint density at radius 2 is 1.96 bits per heavy atom. The molecule has 0 saturated carbocycles. The molecule has 0 spiro atoms. The largest absolute Gasteiger partial charge is 0.339 e. The molecule has 1 N–H and O–H groups in total. The van der Waals surface area contributed by atoms with Crippen LogP contribution in [0.15, 0.2) is 29.2 Å². The maximum Gasteiger partial charge on any atom is 0.288 e. The Bertz CT molecular complexity index is 795. The van der Waals surface area contributed by atoms with Crippen molar-refractivity contribution in [1.29, 1.82) is 0 Å². The number of rotatable bonds is 4. The first-order valence-electron chi connectivity index (χ1n) is 7.91. The van der Waals surface area contributed by atoms with Crippen molar-refractivity contribution in [2.75, 3.05) is 13.1 Å². The smallest absolute Gasteiger partial charge is 0.288 e. The molecule has 0 radical (unpaired) electrons. The van der Waals surface area contributed by atoms with Gasteiger partial charge in [-0.3, -0.25) is 9.89 Å². The van der Waals surface area contributed by atoms with E-state index in [0.717, 1.165) is 18.7 Å². The third-order valence-electron chi connectivity index (χ3n) is 4.39. The van der Waals surface area contributed by atoms with Crippen LogP contribution in [0.1, 0.15) is 34.9 Å². The average molecular weight is 384 g/mol. The van der Waals surface area contributed by atoms with E-state index in [1.54, 1.807) is 29.2 Å². The maximum absolute atomic E-state index is 12.6. The number of nitrogens with zero attached hydrogens (tertiary/aromatic N) is 3. The summed E-state index contributed by atoms with van der Waals surface area (Å²) in [5.41, 5.74) is 0.523. The van der Waals surface area contributed by atoms with E-state index in [4.69, 9.17) is 12.2 Å². The summed E-state index contributed by atoms with van der Waals surface area (Å²) in [6.45, 7) is 1.27. The van der Waals surface area contributed by atoms with Gasteiger partial charge in [-0.15, -0.1) is 0 Å². The summed E-state index contributed by atoms with van der Waals surface area (Å²) in [7, 11) is 1.89. The summed E-state index contributed by atoms with van der Waals surface area (Å²) in [5, 5.41) is 7.07. The summed E-state index contributed by atoms with van der Waals surface area (Å²) >= 11 is 5.62. The third kappa shape index (κ3) is 4.09. The highest BCUT2D eigenvalue weighted by atomic mass is 32.2. The molecule has 1 aliphatic heterocycles. The van der Waals surface area contributed by atoms with Crippen LogP contribution in [0, 0.1) is 4.77 Å². The number of carbonyl (C=O) groups excluding carboxylic acids is 1. The Balaban J connectivity index is 1.61. The Hall–Kier alpha value is -1.74. The van der Waals surface area contributed by atoms with Crippen molar-refractivity contribution in [2.45, 2.75) is 29.4 Å². The molecule has 1 amide bonds. The number of aromatic nitrogens is 3. The maximum atomic E-state index is 12.6. The van der Waals surface area contributed by atoms with Gasteiger partial charge in [0.2, 0.25) is 0 Å². The average Bonchev–Trinajstić information content (AvgIpc) is 2.94. The van der Waals surface area contributed by atoms with E-state index in [2.05, 4.69) is 10.2 Å². The number of halogens is 2. The minimum Gasteiger partial charge on any atom is -0.339 e. The van der Waals surface area contributed by atoms with Gasteiger partial charge in [-0.2, -0.15) is 13.9 Å². The molecular formula is C16H18F2N4OS2. The number of nitrogens with one attached hydrogen (secondary N) is 1. The fourth-order valence-corrected chi connectivity index (χ4v) is 3.66. The van der Waals surface area contributed by atoms with Gasteiger partial charge >= 0.3 is 0 Å². The van der Waals surface area contributed by atoms with Crippen LogP contribution in [0.3, 0.4) is 0 Å². The molecular weight excluding hydrogens is 366 g/mol. The van der Waals surface area contributed by atoms with Crippen LogP contribution in [0.25, 0.3) is 0 Å². The minimum absolute atomic E-state index is 0.0672. The van der Waals surface area contributed by atoms with Gasteiger partial charge in [-0.1, -0.05) is 11.8 Å². The van der Waals surface area contributed by atoms with Crippen molar-refractivity contribution in [2.24, 2.45) is 7.05 Å². The van der Waals surface area contributed by atoms with Gasteiger partial charge in [-0.25, -0.2) is 0 Å². The molecule has 0 bridgehead atoms. The molecule has 2 aromatic rings. The predicted molar refractivity (Wildman–Crippen MR) is 94.6 cm³/mol. The highest BCUT2D eigenvalue weighted by Gasteiger charge is 2.27. The van der Waals surface area contributed by atoms with Crippen LogP contribution in [0.4, 0.5) is 8.78 Å². The SMILES string of the molecule is Cn1c(C2CCN(C(=O)c3ccc(SC(F)F)cc3)CC2)n[nH]c1=S. The van der Waals surface area contributed by atoms with E-state index in [0.29, 0.717) is 40.1 Å². The van der Waals surface area contributed by atoms with Crippen LogP contribution in [0.5, 0.6) is 0 Å². The highest BCUT2D eigenvalue weighted by molar-refractivity contribution is 7.99. The molecule has 134 valence electrons. The minimum atomic E-state index is -2.46. The molecule has 25 heavy (non-hydrogen) atoms. The van der Waals surface area contributed by atoms with Crippen LogP contribution in [-0.4, -0.2) is 44.4 Å². The van der Waals surface area contributed by atoms with Gasteiger partial charge in [0.05, 0.1) is 0 Å². The first-order valence-corrected chi connectivity index (χ1v) is 9.20. The zero-order chi connectivity index (χ0) is 18.0. The first kappa shape index (κ1) is 18.1. The van der Waals surface area contributed by atoms with E-state index in [1.807, 2.05) is 11.6 Å². The predicted octanol–water partition coefficient (Wildman–Crippen LogP) is 3.81. The molecule has 2 heterocycles. The van der Waals surface area contributed by atoms with Crippen molar-refractivity contribution in [1.82, 2.24) is 19.7 Å². The number of hydrogen-bond donors (Lipinski definition) is 1. The van der Waals surface area contributed by atoms with Crippen LogP contribution >= 0.6 is 24.0 Å². The Kier molecular flexibility index (Phi) is 5.53. The summed E-state index contributed by atoms with van der Waals surface area (Å²) in [4.78, 5) is 14.8. The molecule has 1 saturated heterocycles. The molecule has 9 heteroatoms. The molecule has 1 aromatic carbocycles. The number of H-pyrrole nitrogens is 1. The zero-order valence-electron chi connectivity index (χ0n) is 13.6. The van der Waals surface area contributed by atoms with Gasteiger partial charge in [0.15, 0.2) is 4.77 Å². The number of aromatic amines is 1. The summed E-state index contributed by atoms with van der Waals surface area (Å²) in [6, 6.07) is 6.34. The third-order valence-corrected chi connectivity index (χ3v) is 5.48. The summed E-state index contributed by atoms with van der Waals surface area (Å²) in [5.74, 6) is -1.33. The fourth-order valence-electron chi connectivity index (χ4n) is 3.03. The van der Waals surface area contributed by atoms with E-state index < -0.39 is 5.76 Å². The van der Waals surface area contributed by atoms with Crippen molar-refractivity contribution in [3.63, 3.8) is 0 Å². The van der Waals surface area contributed by atoms with Crippen molar-refractivity contribution >= 4 is 29.9 Å². The highest BCUT2D eigenvalue weighted by Crippen LogP contribution is 2.28. The quantitative estimate of drug-likeness (QED) is 0.643. The molecule has 0 atom stereocenters. The number of piperidine rings is 1. The van der Waals surface area contributed by atoms with Crippen molar-refractivity contribution in [3.8, 4) is 0 Å². The normalized spacial score (nSPS) is 15.8. The topological polar surface area (TPSA) is 53.9 Å². The van der Waals surface area contributed by atoms with Gasteiger partial charge < -0.3 is 9.47 Å². The Morgan fingerprint density at radius 1 is 1.32 bits per heavy atom. The second kappa shape index (κ2) is 7.65. The molecule has 1 aromatic heterocycles. The van der Waals surface area contributed by atoms with E-state index in [-0.39, 0.29) is 11.8 Å². The van der Waals surface area contributed by atoms with Crippen LogP contribution in [0.2, 0.25) is 0 Å². The second-order valence-corrected chi connectivity index (χ2v) is 7.37.